The Bertz CT molecular complexity index is 516. The van der Waals surface area contributed by atoms with Crippen molar-refractivity contribution in [3.8, 4) is 6.07 Å². The molecular weight excluding hydrogens is 306 g/mol. The molecule has 0 aliphatic heterocycles. The van der Waals surface area contributed by atoms with E-state index in [9.17, 15) is 10.1 Å². The van der Waals surface area contributed by atoms with Crippen LogP contribution in [0, 0.1) is 17.2 Å². The molecule has 1 heterocycles. The summed E-state index contributed by atoms with van der Waals surface area (Å²) >= 11 is 3.24. The zero-order valence-corrected chi connectivity index (χ0v) is 12.4. The molecule has 1 aromatic heterocycles. The van der Waals surface area contributed by atoms with Crippen molar-refractivity contribution in [1.82, 2.24) is 10.3 Å². The molecule has 19 heavy (non-hydrogen) atoms. The maximum atomic E-state index is 12.2. The molecule has 0 saturated heterocycles. The average molecular weight is 322 g/mol. The third kappa shape index (κ3) is 3.32. The van der Waals surface area contributed by atoms with Crippen LogP contribution in [0.3, 0.4) is 0 Å². The molecule has 4 nitrogen and oxygen atoms in total. The molecule has 1 aromatic rings. The Morgan fingerprint density at radius 1 is 1.58 bits per heavy atom. The van der Waals surface area contributed by atoms with Crippen LogP contribution in [0.25, 0.3) is 0 Å². The second-order valence-corrected chi connectivity index (χ2v) is 6.01. The number of nitrogens with zero attached hydrogens (tertiary/aromatic N) is 2. The molecule has 0 unspecified atom stereocenters. The van der Waals surface area contributed by atoms with Crippen LogP contribution in [0.4, 0.5) is 0 Å². The number of hydrogen-bond donors (Lipinski definition) is 1. The summed E-state index contributed by atoms with van der Waals surface area (Å²) in [4.78, 5) is 16.2. The number of aromatic nitrogens is 1. The minimum absolute atomic E-state index is 0.209. The molecule has 0 spiro atoms. The molecule has 5 heteroatoms. The SMILES string of the molecule is CC1CCC(C#N)(NC(=O)c2ccnc(Br)c2)CC1. The average Bonchev–Trinajstić information content (AvgIpc) is 2.42. The van der Waals surface area contributed by atoms with Crippen LogP contribution in [0.15, 0.2) is 22.9 Å². The van der Waals surface area contributed by atoms with Crippen LogP contribution in [0.1, 0.15) is 43.0 Å². The van der Waals surface area contributed by atoms with Crippen LogP contribution in [0.2, 0.25) is 0 Å². The van der Waals surface area contributed by atoms with Gasteiger partial charge in [-0.15, -0.1) is 0 Å². The van der Waals surface area contributed by atoms with Crippen molar-refractivity contribution in [2.45, 2.75) is 38.1 Å². The van der Waals surface area contributed by atoms with Crippen molar-refractivity contribution in [2.75, 3.05) is 0 Å². The highest BCUT2D eigenvalue weighted by atomic mass is 79.9. The predicted octanol–water partition coefficient (Wildman–Crippen LogP) is 3.05. The van der Waals surface area contributed by atoms with Gasteiger partial charge in [0, 0.05) is 11.8 Å². The number of nitriles is 1. The molecule has 100 valence electrons. The highest BCUT2D eigenvalue weighted by molar-refractivity contribution is 9.10. The largest absolute Gasteiger partial charge is 0.334 e. The van der Waals surface area contributed by atoms with Gasteiger partial charge in [-0.3, -0.25) is 4.79 Å². The third-order valence-corrected chi connectivity index (χ3v) is 4.12. The van der Waals surface area contributed by atoms with Gasteiger partial charge in [0.05, 0.1) is 6.07 Å². The van der Waals surface area contributed by atoms with Gasteiger partial charge in [-0.2, -0.15) is 5.26 Å². The number of halogens is 1. The molecule has 2 rings (SSSR count). The maximum absolute atomic E-state index is 12.2. The van der Waals surface area contributed by atoms with Crippen LogP contribution in [-0.2, 0) is 0 Å². The van der Waals surface area contributed by atoms with Gasteiger partial charge in [0.25, 0.3) is 5.91 Å². The van der Waals surface area contributed by atoms with Crippen LogP contribution in [-0.4, -0.2) is 16.4 Å². The summed E-state index contributed by atoms with van der Waals surface area (Å²) in [6, 6.07) is 5.60. The summed E-state index contributed by atoms with van der Waals surface area (Å²) in [6.45, 7) is 2.18. The number of carbonyl (C=O) groups excluding carboxylic acids is 1. The lowest BCUT2D eigenvalue weighted by Gasteiger charge is -2.34. The second kappa shape index (κ2) is 5.70. The Balaban J connectivity index is 2.11. The molecular formula is C14H16BrN3O. The Labute approximate surface area is 121 Å². The van der Waals surface area contributed by atoms with E-state index in [1.807, 2.05) is 0 Å². The Morgan fingerprint density at radius 2 is 2.26 bits per heavy atom. The lowest BCUT2D eigenvalue weighted by molar-refractivity contribution is 0.0893. The van der Waals surface area contributed by atoms with Crippen molar-refractivity contribution < 1.29 is 4.79 Å². The second-order valence-electron chi connectivity index (χ2n) is 5.20. The van der Waals surface area contributed by atoms with Gasteiger partial charge in [-0.05, 0) is 59.7 Å². The molecule has 0 atom stereocenters. The highest BCUT2D eigenvalue weighted by Gasteiger charge is 2.35. The number of amides is 1. The molecule has 1 aliphatic carbocycles. The standard InChI is InChI=1S/C14H16BrN3O/c1-10-2-5-14(9-16,6-3-10)18-13(19)11-4-7-17-12(15)8-11/h4,7-8,10H,2-3,5-6H2,1H3,(H,18,19). The van der Waals surface area contributed by atoms with Gasteiger partial charge in [0.2, 0.25) is 0 Å². The normalized spacial score (nSPS) is 26.5. The lowest BCUT2D eigenvalue weighted by atomic mass is 9.78. The van der Waals surface area contributed by atoms with Crippen molar-refractivity contribution in [2.24, 2.45) is 5.92 Å². The molecule has 1 amide bonds. The minimum Gasteiger partial charge on any atom is -0.334 e. The monoisotopic (exact) mass is 321 g/mol. The quantitative estimate of drug-likeness (QED) is 0.851. The molecule has 1 aliphatic rings. The van der Waals surface area contributed by atoms with E-state index < -0.39 is 5.54 Å². The number of hydrogen-bond acceptors (Lipinski definition) is 3. The number of carbonyl (C=O) groups is 1. The summed E-state index contributed by atoms with van der Waals surface area (Å²) in [5.74, 6) is 0.424. The van der Waals surface area contributed by atoms with E-state index in [-0.39, 0.29) is 5.91 Å². The van der Waals surface area contributed by atoms with Gasteiger partial charge in [-0.1, -0.05) is 6.92 Å². The predicted molar refractivity (Wildman–Crippen MR) is 75.4 cm³/mol. The first-order valence-corrected chi connectivity index (χ1v) is 7.19. The van der Waals surface area contributed by atoms with E-state index in [0.29, 0.717) is 16.1 Å². The molecule has 0 radical (unpaired) electrons. The zero-order chi connectivity index (χ0) is 13.9. The van der Waals surface area contributed by atoms with Crippen molar-refractivity contribution in [1.29, 1.82) is 5.26 Å². The van der Waals surface area contributed by atoms with E-state index in [4.69, 9.17) is 0 Å². The number of nitrogens with one attached hydrogen (secondary N) is 1. The number of pyridine rings is 1. The van der Waals surface area contributed by atoms with Crippen molar-refractivity contribution in [3.63, 3.8) is 0 Å². The minimum atomic E-state index is -0.709. The fourth-order valence-electron chi connectivity index (χ4n) is 2.35. The van der Waals surface area contributed by atoms with E-state index in [1.165, 1.54) is 0 Å². The first-order valence-electron chi connectivity index (χ1n) is 6.40. The Kier molecular flexibility index (Phi) is 4.20. The summed E-state index contributed by atoms with van der Waals surface area (Å²) in [7, 11) is 0. The topological polar surface area (TPSA) is 65.8 Å². The molecule has 1 fully saturated rings. The van der Waals surface area contributed by atoms with Crippen LogP contribution >= 0.6 is 15.9 Å². The van der Waals surface area contributed by atoms with E-state index >= 15 is 0 Å². The van der Waals surface area contributed by atoms with E-state index in [2.05, 4.69) is 39.2 Å². The lowest BCUT2D eigenvalue weighted by Crippen LogP contribution is -2.49. The third-order valence-electron chi connectivity index (χ3n) is 3.68. The maximum Gasteiger partial charge on any atom is 0.252 e. The number of rotatable bonds is 2. The summed E-state index contributed by atoms with van der Waals surface area (Å²) < 4.78 is 0.614. The summed E-state index contributed by atoms with van der Waals surface area (Å²) in [5, 5.41) is 12.3. The first kappa shape index (κ1) is 14.0. The molecule has 1 N–H and O–H groups in total. The van der Waals surface area contributed by atoms with Gasteiger partial charge >= 0.3 is 0 Å². The van der Waals surface area contributed by atoms with Gasteiger partial charge in [0.1, 0.15) is 10.1 Å². The smallest absolute Gasteiger partial charge is 0.252 e. The molecule has 0 bridgehead atoms. The van der Waals surface area contributed by atoms with Crippen LogP contribution < -0.4 is 5.32 Å². The highest BCUT2D eigenvalue weighted by Crippen LogP contribution is 2.31. The van der Waals surface area contributed by atoms with Gasteiger partial charge < -0.3 is 5.32 Å². The summed E-state index contributed by atoms with van der Waals surface area (Å²) in [6.07, 6.45) is 4.98. The van der Waals surface area contributed by atoms with Gasteiger partial charge in [0.15, 0.2) is 0 Å². The van der Waals surface area contributed by atoms with Crippen molar-refractivity contribution in [3.05, 3.63) is 28.5 Å². The van der Waals surface area contributed by atoms with Crippen LogP contribution in [0.5, 0.6) is 0 Å². The first-order chi connectivity index (χ1) is 9.04. The molecule has 1 saturated carbocycles. The summed E-state index contributed by atoms with van der Waals surface area (Å²) in [5.41, 5.74) is -0.186. The molecule has 0 aromatic carbocycles. The van der Waals surface area contributed by atoms with Gasteiger partial charge in [-0.25, -0.2) is 4.98 Å². The fourth-order valence-corrected chi connectivity index (χ4v) is 2.72. The van der Waals surface area contributed by atoms with Crippen molar-refractivity contribution >= 4 is 21.8 Å². The van der Waals surface area contributed by atoms with E-state index in [1.54, 1.807) is 18.3 Å². The fraction of sp³-hybridized carbons (Fsp3) is 0.500. The Morgan fingerprint density at radius 3 is 2.84 bits per heavy atom. The Hall–Kier alpha value is -1.41. The zero-order valence-electron chi connectivity index (χ0n) is 10.8. The van der Waals surface area contributed by atoms with E-state index in [0.717, 1.165) is 25.7 Å².